The van der Waals surface area contributed by atoms with Crippen molar-refractivity contribution in [3.05, 3.63) is 59.8 Å². The molecule has 5 heterocycles. The summed E-state index contributed by atoms with van der Waals surface area (Å²) in [6.45, 7) is 4.22. The number of carbonyl (C=O) groups excluding carboxylic acids is 1. The van der Waals surface area contributed by atoms with Gasteiger partial charge in [-0.15, -0.1) is 0 Å². The molecule has 1 amide bonds. The molecule has 36 heavy (non-hydrogen) atoms. The Bertz CT molecular complexity index is 1450. The molecule has 0 bridgehead atoms. The largest absolute Gasteiger partial charge is 0.437 e. The Balaban J connectivity index is 1.42. The van der Waals surface area contributed by atoms with Crippen LogP contribution in [0.2, 0.25) is 0 Å². The second kappa shape index (κ2) is 9.97. The third-order valence-electron chi connectivity index (χ3n) is 5.87. The highest BCUT2D eigenvalue weighted by Crippen LogP contribution is 2.31. The lowest BCUT2D eigenvalue weighted by Gasteiger charge is -2.26. The van der Waals surface area contributed by atoms with Crippen molar-refractivity contribution in [2.24, 2.45) is 7.05 Å². The number of pyridine rings is 3. The average molecular weight is 485 g/mol. The fourth-order valence-corrected chi connectivity index (χ4v) is 3.93. The number of carbonyl (C=O) groups is 1. The molecule has 0 spiro atoms. The Morgan fingerprint density at radius 3 is 2.75 bits per heavy atom. The van der Waals surface area contributed by atoms with E-state index >= 15 is 0 Å². The minimum Gasteiger partial charge on any atom is -0.437 e. The summed E-state index contributed by atoms with van der Waals surface area (Å²) in [4.78, 5) is 32.1. The molecule has 1 aliphatic rings. The lowest BCUT2D eigenvalue weighted by Crippen LogP contribution is -2.40. The van der Waals surface area contributed by atoms with Crippen LogP contribution in [0.4, 0.5) is 11.5 Å². The molecule has 1 fully saturated rings. The van der Waals surface area contributed by atoms with E-state index in [1.165, 1.54) is 6.20 Å². The number of amides is 1. The maximum atomic E-state index is 12.7. The number of anilines is 2. The van der Waals surface area contributed by atoms with Crippen molar-refractivity contribution < 1.29 is 14.3 Å². The van der Waals surface area contributed by atoms with Gasteiger partial charge in [-0.3, -0.25) is 4.79 Å². The molecule has 0 aliphatic carbocycles. The van der Waals surface area contributed by atoms with Crippen LogP contribution < -0.4 is 10.1 Å². The minimum absolute atomic E-state index is 0.0631. The second-order valence-electron chi connectivity index (χ2n) is 8.24. The van der Waals surface area contributed by atoms with Crippen molar-refractivity contribution in [1.82, 2.24) is 29.4 Å². The molecule has 1 saturated heterocycles. The van der Waals surface area contributed by atoms with Gasteiger partial charge < -0.3 is 24.3 Å². The number of hydrogen-bond acceptors (Lipinski definition) is 9. The summed E-state index contributed by atoms with van der Waals surface area (Å²) < 4.78 is 13.2. The van der Waals surface area contributed by atoms with Gasteiger partial charge in [0, 0.05) is 32.4 Å². The van der Waals surface area contributed by atoms with Gasteiger partial charge in [-0.1, -0.05) is 6.92 Å². The Morgan fingerprint density at radius 2 is 2.03 bits per heavy atom. The highest BCUT2D eigenvalue weighted by atomic mass is 16.5. The smallest absolute Gasteiger partial charge is 0.255 e. The zero-order chi connectivity index (χ0) is 25.1. The van der Waals surface area contributed by atoms with E-state index in [4.69, 9.17) is 14.7 Å². The molecule has 11 heteroatoms. The second-order valence-corrected chi connectivity index (χ2v) is 8.24. The number of morpholine rings is 1. The Labute approximate surface area is 207 Å². The normalized spacial score (nSPS) is 13.4. The Kier molecular flexibility index (Phi) is 6.42. The van der Waals surface area contributed by atoms with Crippen LogP contribution in [0.25, 0.3) is 11.2 Å². The van der Waals surface area contributed by atoms with E-state index in [1.807, 2.05) is 20.0 Å². The highest BCUT2D eigenvalue weighted by molar-refractivity contribution is 5.94. The summed E-state index contributed by atoms with van der Waals surface area (Å²) in [7, 11) is 1.85. The number of ether oxygens (including phenoxy) is 2. The van der Waals surface area contributed by atoms with E-state index in [9.17, 15) is 4.79 Å². The van der Waals surface area contributed by atoms with Crippen molar-refractivity contribution in [3.8, 4) is 17.7 Å². The van der Waals surface area contributed by atoms with Crippen LogP contribution in [0.5, 0.6) is 11.6 Å². The van der Waals surface area contributed by atoms with Crippen molar-refractivity contribution >= 4 is 28.6 Å². The predicted octanol–water partition coefficient (Wildman–Crippen LogP) is 3.20. The standard InChI is InChI=1S/C25H24N8O3/c1-3-16-10-18(12-26)27-14-20(16)36-22-11-19(23-24(31-22)32(2)15-29-23)30-21-5-4-17(13-28-21)25(34)33-6-8-35-9-7-33/h4-5,10-11,13-15H,3,6-9H2,1-2H3,(H,28,30,31). The third kappa shape index (κ3) is 4.67. The van der Waals surface area contributed by atoms with Crippen LogP contribution >= 0.6 is 0 Å². The van der Waals surface area contributed by atoms with Crippen LogP contribution in [0.3, 0.4) is 0 Å². The Morgan fingerprint density at radius 1 is 1.19 bits per heavy atom. The van der Waals surface area contributed by atoms with E-state index in [1.54, 1.807) is 46.3 Å². The number of hydrogen-bond donors (Lipinski definition) is 1. The lowest BCUT2D eigenvalue weighted by molar-refractivity contribution is 0.0302. The van der Waals surface area contributed by atoms with Crippen molar-refractivity contribution in [3.63, 3.8) is 0 Å². The molecular weight excluding hydrogens is 460 g/mol. The zero-order valence-corrected chi connectivity index (χ0v) is 19.9. The van der Waals surface area contributed by atoms with Crippen molar-refractivity contribution in [1.29, 1.82) is 5.26 Å². The summed E-state index contributed by atoms with van der Waals surface area (Å²) in [5.41, 5.74) is 3.62. The zero-order valence-electron chi connectivity index (χ0n) is 19.9. The number of aromatic nitrogens is 5. The van der Waals surface area contributed by atoms with E-state index in [-0.39, 0.29) is 5.91 Å². The topological polar surface area (TPSA) is 131 Å². The highest BCUT2D eigenvalue weighted by Gasteiger charge is 2.19. The molecule has 0 saturated carbocycles. The molecule has 4 aromatic heterocycles. The maximum Gasteiger partial charge on any atom is 0.255 e. The average Bonchev–Trinajstić information content (AvgIpc) is 3.30. The van der Waals surface area contributed by atoms with Gasteiger partial charge in [-0.05, 0) is 30.2 Å². The lowest BCUT2D eigenvalue weighted by atomic mass is 10.1. The van der Waals surface area contributed by atoms with Crippen LogP contribution in [0.1, 0.15) is 28.5 Å². The minimum atomic E-state index is -0.0631. The first-order chi connectivity index (χ1) is 17.6. The number of aryl methyl sites for hydroxylation is 2. The molecule has 182 valence electrons. The fraction of sp³-hybridized carbons (Fsp3) is 0.280. The molecule has 0 atom stereocenters. The molecule has 0 aromatic carbocycles. The summed E-state index contributed by atoms with van der Waals surface area (Å²) >= 11 is 0. The molecule has 11 nitrogen and oxygen atoms in total. The summed E-state index contributed by atoms with van der Waals surface area (Å²) in [5, 5.41) is 12.4. The van der Waals surface area contributed by atoms with Gasteiger partial charge in [-0.2, -0.15) is 10.2 Å². The van der Waals surface area contributed by atoms with E-state index in [0.29, 0.717) is 78.3 Å². The number of fused-ring (bicyclic) bond motifs is 1. The van der Waals surface area contributed by atoms with E-state index in [0.717, 1.165) is 5.56 Å². The monoisotopic (exact) mass is 484 g/mol. The van der Waals surface area contributed by atoms with Gasteiger partial charge in [0.2, 0.25) is 5.88 Å². The SMILES string of the molecule is CCc1cc(C#N)ncc1Oc1cc(Nc2ccc(C(=O)N3CCOCC3)cn2)c2ncn(C)c2n1. The van der Waals surface area contributed by atoms with Gasteiger partial charge >= 0.3 is 0 Å². The first-order valence-electron chi connectivity index (χ1n) is 11.5. The van der Waals surface area contributed by atoms with Crippen LogP contribution in [0.15, 0.2) is 43.0 Å². The number of rotatable bonds is 6. The molecule has 0 radical (unpaired) electrons. The first-order valence-corrected chi connectivity index (χ1v) is 11.5. The maximum absolute atomic E-state index is 12.7. The van der Waals surface area contributed by atoms with Crippen molar-refractivity contribution in [2.45, 2.75) is 13.3 Å². The van der Waals surface area contributed by atoms with Gasteiger partial charge in [0.25, 0.3) is 5.91 Å². The summed E-state index contributed by atoms with van der Waals surface area (Å²) in [6, 6.07) is 8.99. The Hall–Kier alpha value is -4.56. The third-order valence-corrected chi connectivity index (χ3v) is 5.87. The van der Waals surface area contributed by atoms with Crippen molar-refractivity contribution in [2.75, 3.05) is 31.6 Å². The summed E-state index contributed by atoms with van der Waals surface area (Å²) in [6.07, 6.45) is 5.44. The number of nitrogens with zero attached hydrogens (tertiary/aromatic N) is 7. The molecule has 0 unspecified atom stereocenters. The van der Waals surface area contributed by atoms with Crippen LogP contribution in [-0.2, 0) is 18.2 Å². The quantitative estimate of drug-likeness (QED) is 0.438. The molecule has 5 rings (SSSR count). The van der Waals surface area contributed by atoms with Crippen LogP contribution in [0, 0.1) is 11.3 Å². The molecule has 1 aliphatic heterocycles. The first kappa shape index (κ1) is 23.2. The van der Waals surface area contributed by atoms with Gasteiger partial charge in [-0.25, -0.2) is 15.0 Å². The molecular formula is C25H24N8O3. The van der Waals surface area contributed by atoms with Gasteiger partial charge in [0.05, 0.1) is 37.0 Å². The number of nitrogens with one attached hydrogen (secondary N) is 1. The molecule has 1 N–H and O–H groups in total. The summed E-state index contributed by atoms with van der Waals surface area (Å²) in [5.74, 6) is 1.35. The predicted molar refractivity (Wildman–Crippen MR) is 131 cm³/mol. The number of nitriles is 1. The molecule has 4 aromatic rings. The number of imidazole rings is 1. The van der Waals surface area contributed by atoms with Gasteiger partial charge in [0.1, 0.15) is 23.1 Å². The van der Waals surface area contributed by atoms with Gasteiger partial charge in [0.15, 0.2) is 11.4 Å². The van der Waals surface area contributed by atoms with E-state index in [2.05, 4.69) is 25.3 Å². The fourth-order valence-electron chi connectivity index (χ4n) is 3.93. The van der Waals surface area contributed by atoms with Crippen LogP contribution in [-0.4, -0.2) is 61.6 Å². The van der Waals surface area contributed by atoms with E-state index < -0.39 is 0 Å².